The van der Waals surface area contributed by atoms with E-state index in [1.807, 2.05) is 0 Å². The number of allylic oxidation sites excluding steroid dienone is 2. The fourth-order valence-corrected chi connectivity index (χ4v) is 2.17. The van der Waals surface area contributed by atoms with E-state index >= 15 is 0 Å². The molecule has 1 aromatic rings. The van der Waals surface area contributed by atoms with E-state index in [1.165, 1.54) is 24.8 Å². The van der Waals surface area contributed by atoms with Crippen LogP contribution in [0.15, 0.2) is 35.4 Å². The van der Waals surface area contributed by atoms with Gasteiger partial charge in [-0.15, -0.1) is 0 Å². The normalized spacial score (nSPS) is 22.4. The molecule has 0 saturated carbocycles. The summed E-state index contributed by atoms with van der Waals surface area (Å²) in [5.41, 5.74) is 6.25. The quantitative estimate of drug-likeness (QED) is 0.539. The molecule has 0 atom stereocenters. The van der Waals surface area contributed by atoms with Crippen molar-refractivity contribution in [2.45, 2.75) is 39.5 Å². The van der Waals surface area contributed by atoms with Gasteiger partial charge >= 0.3 is 0 Å². The van der Waals surface area contributed by atoms with E-state index < -0.39 is 0 Å². The van der Waals surface area contributed by atoms with Gasteiger partial charge in [-0.25, -0.2) is 0 Å². The maximum atomic E-state index is 2.28. The number of hydrogen-bond donors (Lipinski definition) is 0. The summed E-state index contributed by atoms with van der Waals surface area (Å²) in [5, 5.41) is 0. The van der Waals surface area contributed by atoms with Crippen LogP contribution >= 0.6 is 0 Å². The van der Waals surface area contributed by atoms with E-state index in [0.29, 0.717) is 0 Å². The summed E-state index contributed by atoms with van der Waals surface area (Å²) in [6.07, 6.45) is 4.99. The second-order valence-electron chi connectivity index (χ2n) is 4.36. The third kappa shape index (κ3) is 1.89. The minimum atomic E-state index is 1.15. The van der Waals surface area contributed by atoms with Gasteiger partial charge < -0.3 is 0 Å². The van der Waals surface area contributed by atoms with Crippen molar-refractivity contribution in [2.75, 3.05) is 0 Å². The Morgan fingerprint density at radius 1 is 0.857 bits per heavy atom. The van der Waals surface area contributed by atoms with Crippen LogP contribution in [0.3, 0.4) is 0 Å². The van der Waals surface area contributed by atoms with Crippen molar-refractivity contribution < 1.29 is 0 Å². The van der Waals surface area contributed by atoms with E-state index in [4.69, 9.17) is 0 Å². The molecule has 0 heteroatoms. The summed E-state index contributed by atoms with van der Waals surface area (Å²) in [4.78, 5) is 0. The van der Waals surface area contributed by atoms with Gasteiger partial charge in [-0.1, -0.05) is 35.4 Å². The van der Waals surface area contributed by atoms with E-state index in [1.54, 1.807) is 16.7 Å². The Hall–Kier alpha value is -1.04. The van der Waals surface area contributed by atoms with Crippen LogP contribution < -0.4 is 0 Å². The molecular formula is C14H18. The van der Waals surface area contributed by atoms with E-state index in [-0.39, 0.29) is 0 Å². The molecule has 0 amide bonds. The Labute approximate surface area is 86.7 Å². The molecule has 0 fully saturated rings. The number of rotatable bonds is 0. The lowest BCUT2D eigenvalue weighted by Crippen LogP contribution is -2.01. The summed E-state index contributed by atoms with van der Waals surface area (Å²) in [7, 11) is 0. The molecule has 14 heavy (non-hydrogen) atoms. The topological polar surface area (TPSA) is 0 Å². The molecule has 0 heterocycles. The molecule has 0 saturated heterocycles. The highest BCUT2D eigenvalue weighted by Crippen LogP contribution is 2.23. The fraction of sp³-hybridized carbons (Fsp3) is 0.429. The lowest BCUT2D eigenvalue weighted by atomic mass is 9.90. The lowest BCUT2D eigenvalue weighted by Gasteiger charge is -2.16. The zero-order chi connectivity index (χ0) is 9.97. The molecule has 74 valence electrons. The minimum Gasteiger partial charge on any atom is -0.0741 e. The number of fused-ring (bicyclic) bond motifs is 1. The van der Waals surface area contributed by atoms with Crippen molar-refractivity contribution in [3.8, 4) is 0 Å². The third-order valence-electron chi connectivity index (χ3n) is 3.30. The average Bonchev–Trinajstić information content (AvgIpc) is 2.18. The number of hydrogen-bond acceptors (Lipinski definition) is 0. The van der Waals surface area contributed by atoms with E-state index in [2.05, 4.69) is 38.1 Å². The lowest BCUT2D eigenvalue weighted by molar-refractivity contribution is 0.776. The van der Waals surface area contributed by atoms with E-state index in [9.17, 15) is 0 Å². The molecule has 1 aliphatic rings. The maximum absolute atomic E-state index is 2.28. The fourth-order valence-electron chi connectivity index (χ4n) is 2.17. The molecule has 0 aromatic heterocycles. The predicted octanol–water partition coefficient (Wildman–Crippen LogP) is 3.90. The van der Waals surface area contributed by atoms with Crippen molar-refractivity contribution in [3.63, 3.8) is 0 Å². The standard InChI is InChI=1S/C14H18/c1-11-6-5-9-13-7-3-4-8-14(13)10-12(11)2/h3-4,7-8H,5-6,9-10H2,1-2H3/b12-11-. The van der Waals surface area contributed by atoms with Crippen LogP contribution in [0.5, 0.6) is 0 Å². The highest BCUT2D eigenvalue weighted by Gasteiger charge is 2.08. The van der Waals surface area contributed by atoms with Crippen LogP contribution in [0, 0.1) is 0 Å². The van der Waals surface area contributed by atoms with Crippen LogP contribution in [0.1, 0.15) is 37.8 Å². The first-order chi connectivity index (χ1) is 6.77. The van der Waals surface area contributed by atoms with Crippen molar-refractivity contribution in [3.05, 3.63) is 46.5 Å². The monoisotopic (exact) mass is 186 g/mol. The van der Waals surface area contributed by atoms with Crippen molar-refractivity contribution in [2.24, 2.45) is 0 Å². The highest BCUT2D eigenvalue weighted by atomic mass is 14.1. The minimum absolute atomic E-state index is 1.15. The Morgan fingerprint density at radius 2 is 1.57 bits per heavy atom. The Bertz CT molecular complexity index is 358. The van der Waals surface area contributed by atoms with Gasteiger partial charge in [0.05, 0.1) is 0 Å². The molecule has 0 spiro atoms. The van der Waals surface area contributed by atoms with Gasteiger partial charge in [-0.2, -0.15) is 0 Å². The van der Waals surface area contributed by atoms with Gasteiger partial charge in [-0.3, -0.25) is 0 Å². The maximum Gasteiger partial charge on any atom is -0.00646 e. The molecule has 2 rings (SSSR count). The van der Waals surface area contributed by atoms with Crippen molar-refractivity contribution >= 4 is 0 Å². The predicted molar refractivity (Wildman–Crippen MR) is 61.5 cm³/mol. The molecule has 0 aliphatic heterocycles. The van der Waals surface area contributed by atoms with Crippen LogP contribution in [0.2, 0.25) is 0 Å². The zero-order valence-electron chi connectivity index (χ0n) is 9.14. The molecular weight excluding hydrogens is 168 g/mol. The Morgan fingerprint density at radius 3 is 2.36 bits per heavy atom. The van der Waals surface area contributed by atoms with Crippen LogP contribution in [-0.2, 0) is 12.8 Å². The molecule has 0 unspecified atom stereocenters. The molecule has 0 bridgehead atoms. The number of aryl methyl sites for hydroxylation is 1. The first-order valence-corrected chi connectivity index (χ1v) is 5.49. The van der Waals surface area contributed by atoms with Gasteiger partial charge in [0.1, 0.15) is 0 Å². The largest absolute Gasteiger partial charge is 0.0741 e. The van der Waals surface area contributed by atoms with Crippen LogP contribution in [-0.4, -0.2) is 0 Å². The highest BCUT2D eigenvalue weighted by molar-refractivity contribution is 5.33. The number of benzene rings is 1. The first kappa shape index (κ1) is 9.51. The molecule has 0 nitrogen and oxygen atoms in total. The summed E-state index contributed by atoms with van der Waals surface area (Å²) < 4.78 is 0. The van der Waals surface area contributed by atoms with Crippen LogP contribution in [0.4, 0.5) is 0 Å². The summed E-state index contributed by atoms with van der Waals surface area (Å²) in [6.45, 7) is 4.56. The zero-order valence-corrected chi connectivity index (χ0v) is 9.14. The summed E-state index contributed by atoms with van der Waals surface area (Å²) >= 11 is 0. The average molecular weight is 186 g/mol. The van der Waals surface area contributed by atoms with Gasteiger partial charge in [0.2, 0.25) is 0 Å². The van der Waals surface area contributed by atoms with Crippen molar-refractivity contribution in [1.29, 1.82) is 0 Å². The third-order valence-corrected chi connectivity index (χ3v) is 3.30. The van der Waals surface area contributed by atoms with Gasteiger partial charge in [-0.05, 0) is 50.7 Å². The smallest absolute Gasteiger partial charge is 0.00646 e. The van der Waals surface area contributed by atoms with Gasteiger partial charge in [0, 0.05) is 0 Å². The summed E-state index contributed by atoms with van der Waals surface area (Å²) in [6, 6.07) is 8.87. The molecule has 1 aliphatic carbocycles. The Balaban J connectivity index is 2.37. The van der Waals surface area contributed by atoms with Gasteiger partial charge in [0.15, 0.2) is 0 Å². The second-order valence-corrected chi connectivity index (χ2v) is 4.36. The van der Waals surface area contributed by atoms with Crippen molar-refractivity contribution in [1.82, 2.24) is 0 Å². The molecule has 0 N–H and O–H groups in total. The second kappa shape index (κ2) is 4.00. The van der Waals surface area contributed by atoms with E-state index in [0.717, 1.165) is 6.42 Å². The Kier molecular flexibility index (Phi) is 2.72. The molecule has 1 aromatic carbocycles. The summed E-state index contributed by atoms with van der Waals surface area (Å²) in [5.74, 6) is 0. The van der Waals surface area contributed by atoms with Crippen LogP contribution in [0.25, 0.3) is 0 Å². The molecule has 0 radical (unpaired) electrons. The first-order valence-electron chi connectivity index (χ1n) is 5.49. The van der Waals surface area contributed by atoms with Gasteiger partial charge in [0.25, 0.3) is 0 Å². The SMILES string of the molecule is C/C1=C(\C)Cc2ccccc2CCC1.